The second kappa shape index (κ2) is 12.3. The number of carbonyl (C=O) groups is 2. The Bertz CT molecular complexity index is 1430. The molecule has 0 fully saturated rings. The summed E-state index contributed by atoms with van der Waals surface area (Å²) >= 11 is 0. The zero-order chi connectivity index (χ0) is 27.1. The first-order valence-electron chi connectivity index (χ1n) is 12.5. The molecular weight excluding hydrogens is 484 g/mol. The third-order valence-corrected chi connectivity index (χ3v) is 6.32. The lowest BCUT2D eigenvalue weighted by Gasteiger charge is -2.18. The second-order valence-corrected chi connectivity index (χ2v) is 8.88. The van der Waals surface area contributed by atoms with Crippen molar-refractivity contribution in [3.05, 3.63) is 83.6 Å². The molecule has 4 aromatic rings. The van der Waals surface area contributed by atoms with Gasteiger partial charge in [-0.15, -0.1) is 0 Å². The number of carbonyl (C=O) groups excluding carboxylic acids is 2. The molecule has 0 radical (unpaired) electrons. The van der Waals surface area contributed by atoms with Gasteiger partial charge in [0.05, 0.1) is 39.0 Å². The number of methoxy groups -OCH3 is 2. The van der Waals surface area contributed by atoms with Crippen molar-refractivity contribution >= 4 is 22.8 Å². The summed E-state index contributed by atoms with van der Waals surface area (Å²) in [5, 5.41) is 14.1. The molecule has 0 spiro atoms. The van der Waals surface area contributed by atoms with Crippen LogP contribution in [0.1, 0.15) is 41.1 Å². The van der Waals surface area contributed by atoms with Gasteiger partial charge in [0.25, 0.3) is 5.91 Å². The van der Waals surface area contributed by atoms with Gasteiger partial charge in [0.15, 0.2) is 0 Å². The number of aliphatic hydroxyl groups is 1. The van der Waals surface area contributed by atoms with Crippen LogP contribution in [0.25, 0.3) is 22.0 Å². The molecule has 0 bridgehead atoms. The maximum atomic E-state index is 13.5. The first-order chi connectivity index (χ1) is 18.5. The van der Waals surface area contributed by atoms with Crippen LogP contribution in [-0.4, -0.2) is 55.4 Å². The third kappa shape index (κ3) is 5.81. The van der Waals surface area contributed by atoms with E-state index in [4.69, 9.17) is 14.2 Å². The molecule has 1 atom stereocenters. The van der Waals surface area contributed by atoms with E-state index in [1.165, 1.54) is 14.2 Å². The minimum Gasteiger partial charge on any atom is -0.496 e. The van der Waals surface area contributed by atoms with Gasteiger partial charge >= 0.3 is 5.97 Å². The van der Waals surface area contributed by atoms with Gasteiger partial charge in [0, 0.05) is 18.5 Å². The number of hydrogen-bond donors (Lipinski definition) is 3. The predicted octanol–water partition coefficient (Wildman–Crippen LogP) is 5.00. The lowest BCUT2D eigenvalue weighted by molar-refractivity contribution is 0.0597. The average molecular weight is 519 g/mol. The highest BCUT2D eigenvalue weighted by atomic mass is 16.5. The molecule has 38 heavy (non-hydrogen) atoms. The van der Waals surface area contributed by atoms with Crippen molar-refractivity contribution in [2.75, 3.05) is 27.4 Å². The molecule has 0 unspecified atom stereocenters. The summed E-state index contributed by atoms with van der Waals surface area (Å²) in [4.78, 5) is 28.8. The largest absolute Gasteiger partial charge is 0.496 e. The minimum atomic E-state index is -0.498. The van der Waals surface area contributed by atoms with Crippen LogP contribution in [0.15, 0.2) is 66.9 Å². The van der Waals surface area contributed by atoms with Gasteiger partial charge in [-0.2, -0.15) is 0 Å². The summed E-state index contributed by atoms with van der Waals surface area (Å²) in [5.74, 6) is -0.0298. The smallest absolute Gasteiger partial charge is 0.341 e. The number of aromatic nitrogens is 1. The fourth-order valence-corrected chi connectivity index (χ4v) is 4.36. The molecule has 0 saturated heterocycles. The number of aliphatic hydroxyl groups excluding tert-OH is 1. The summed E-state index contributed by atoms with van der Waals surface area (Å²) < 4.78 is 16.1. The summed E-state index contributed by atoms with van der Waals surface area (Å²) in [6.45, 7) is 2.23. The van der Waals surface area contributed by atoms with Crippen LogP contribution in [0.2, 0.25) is 0 Å². The maximum absolute atomic E-state index is 13.5. The summed E-state index contributed by atoms with van der Waals surface area (Å²) in [7, 11) is 2.79. The van der Waals surface area contributed by atoms with Gasteiger partial charge in [-0.25, -0.2) is 4.79 Å². The molecule has 3 N–H and O–H groups in total. The Morgan fingerprint density at radius 1 is 1.00 bits per heavy atom. The second-order valence-electron chi connectivity index (χ2n) is 8.88. The number of amides is 1. The van der Waals surface area contributed by atoms with Gasteiger partial charge in [0.2, 0.25) is 0 Å². The quantitative estimate of drug-likeness (QED) is 0.241. The Kier molecular flexibility index (Phi) is 8.66. The molecule has 200 valence electrons. The lowest BCUT2D eigenvalue weighted by Crippen LogP contribution is -2.39. The van der Waals surface area contributed by atoms with E-state index in [0.717, 1.165) is 34.0 Å². The molecule has 0 aliphatic rings. The summed E-state index contributed by atoms with van der Waals surface area (Å²) in [6, 6.07) is 17.9. The highest BCUT2D eigenvalue weighted by Crippen LogP contribution is 2.31. The van der Waals surface area contributed by atoms with E-state index < -0.39 is 12.0 Å². The van der Waals surface area contributed by atoms with E-state index in [1.54, 1.807) is 30.3 Å². The number of nitrogens with one attached hydrogen (secondary N) is 2. The molecule has 8 nitrogen and oxygen atoms in total. The molecule has 0 aliphatic heterocycles. The molecule has 3 aromatic carbocycles. The van der Waals surface area contributed by atoms with E-state index in [9.17, 15) is 14.7 Å². The number of H-pyrrole nitrogens is 1. The van der Waals surface area contributed by atoms with E-state index in [0.29, 0.717) is 35.7 Å². The van der Waals surface area contributed by atoms with Crippen molar-refractivity contribution in [3.8, 4) is 22.6 Å². The molecule has 1 heterocycles. The van der Waals surface area contributed by atoms with Crippen LogP contribution in [0.5, 0.6) is 11.5 Å². The van der Waals surface area contributed by atoms with Gasteiger partial charge < -0.3 is 29.6 Å². The number of fused-ring (bicyclic) bond motifs is 1. The Labute approximate surface area is 223 Å². The number of aromatic amines is 1. The number of hydrogen-bond acceptors (Lipinski definition) is 6. The third-order valence-electron chi connectivity index (χ3n) is 6.32. The Balaban J connectivity index is 0.00000420. The van der Waals surface area contributed by atoms with Gasteiger partial charge in [-0.1, -0.05) is 37.3 Å². The number of esters is 1. The fraction of sp³-hybridized carbons (Fsp3) is 0.267. The highest BCUT2D eigenvalue weighted by molar-refractivity contribution is 5.99. The molecule has 1 amide bonds. The molecular formula is C30H34N2O6. The Morgan fingerprint density at radius 2 is 1.76 bits per heavy atom. The van der Waals surface area contributed by atoms with Crippen LogP contribution in [-0.2, 0) is 11.2 Å². The van der Waals surface area contributed by atoms with E-state index >= 15 is 0 Å². The predicted molar refractivity (Wildman–Crippen MR) is 148 cm³/mol. The zero-order valence-electron chi connectivity index (χ0n) is 21.7. The SMILES string of the molecule is CCCOc1ccc(-c2ccc(C(=O)OC)c(OC)c2)cc1C(=O)N[C@H](CO)Cc1c[nH]c2ccccc12.[HH]. The molecule has 0 saturated carbocycles. The average Bonchev–Trinajstić information content (AvgIpc) is 3.37. The number of ether oxygens (including phenoxy) is 3. The van der Waals surface area contributed by atoms with Gasteiger partial charge in [0.1, 0.15) is 17.1 Å². The summed E-state index contributed by atoms with van der Waals surface area (Å²) in [5.41, 5.74) is 4.16. The standard InChI is InChI=1S/C30H32N2O6.H2/c1-4-13-38-27-12-10-19(20-9-11-24(30(35)37-3)28(16-20)36-2)15-25(27)29(34)32-22(18-33)14-21-17-31-26-8-6-5-7-23(21)26;/h5-12,15-17,22,31,33H,4,13-14,18H2,1-3H3,(H,32,34);1H/t22-;/m0./s1. The van der Waals surface area contributed by atoms with Gasteiger partial charge in [-0.3, -0.25) is 4.79 Å². The van der Waals surface area contributed by atoms with Crippen molar-refractivity contribution in [3.63, 3.8) is 0 Å². The molecule has 8 heteroatoms. The van der Waals surface area contributed by atoms with E-state index in [2.05, 4.69) is 10.3 Å². The molecule has 0 aliphatic carbocycles. The maximum Gasteiger partial charge on any atom is 0.341 e. The molecule has 1 aromatic heterocycles. The minimum absolute atomic E-state index is 0. The van der Waals surface area contributed by atoms with Crippen molar-refractivity contribution in [1.29, 1.82) is 0 Å². The first kappa shape index (κ1) is 26.8. The number of rotatable bonds is 11. The number of benzene rings is 3. The lowest BCUT2D eigenvalue weighted by atomic mass is 9.99. The van der Waals surface area contributed by atoms with Crippen molar-refractivity contribution in [2.24, 2.45) is 0 Å². The van der Waals surface area contributed by atoms with Crippen molar-refractivity contribution < 1.29 is 30.3 Å². The van der Waals surface area contributed by atoms with Crippen LogP contribution < -0.4 is 14.8 Å². The van der Waals surface area contributed by atoms with E-state index in [-0.39, 0.29) is 13.9 Å². The van der Waals surface area contributed by atoms with Crippen LogP contribution >= 0.6 is 0 Å². The van der Waals surface area contributed by atoms with Crippen LogP contribution in [0.4, 0.5) is 0 Å². The topological polar surface area (TPSA) is 110 Å². The van der Waals surface area contributed by atoms with Crippen LogP contribution in [0.3, 0.4) is 0 Å². The highest BCUT2D eigenvalue weighted by Gasteiger charge is 2.20. The normalized spacial score (nSPS) is 11.7. The first-order valence-corrected chi connectivity index (χ1v) is 12.5. The van der Waals surface area contributed by atoms with E-state index in [1.807, 2.05) is 43.5 Å². The fourth-order valence-electron chi connectivity index (χ4n) is 4.36. The number of para-hydroxylation sites is 1. The Morgan fingerprint density at radius 3 is 2.50 bits per heavy atom. The zero-order valence-corrected chi connectivity index (χ0v) is 21.7. The molecule has 4 rings (SSSR count). The van der Waals surface area contributed by atoms with Crippen molar-refractivity contribution in [2.45, 2.75) is 25.8 Å². The monoisotopic (exact) mass is 518 g/mol. The van der Waals surface area contributed by atoms with Crippen LogP contribution in [0, 0.1) is 0 Å². The van der Waals surface area contributed by atoms with Crippen molar-refractivity contribution in [1.82, 2.24) is 10.3 Å². The summed E-state index contributed by atoms with van der Waals surface area (Å²) in [6.07, 6.45) is 3.15. The van der Waals surface area contributed by atoms with Gasteiger partial charge in [-0.05, 0) is 59.9 Å². The Hall–Kier alpha value is -4.30.